The second-order valence-corrected chi connectivity index (χ2v) is 7.67. The lowest BCUT2D eigenvalue weighted by atomic mass is 10.2. The summed E-state index contributed by atoms with van der Waals surface area (Å²) in [5, 5.41) is 2.91. The molecule has 2 aromatic rings. The number of nitrogens with zero attached hydrogens (tertiary/aromatic N) is 2. The lowest BCUT2D eigenvalue weighted by Crippen LogP contribution is -2.49. The molecule has 1 fully saturated rings. The van der Waals surface area contributed by atoms with Gasteiger partial charge in [-0.1, -0.05) is 24.3 Å². The Morgan fingerprint density at radius 2 is 1.33 bits per heavy atom. The van der Waals surface area contributed by atoms with Crippen molar-refractivity contribution in [2.24, 2.45) is 0 Å². The molecule has 0 spiro atoms. The molecule has 7 nitrogen and oxygen atoms in total. The zero-order valence-corrected chi connectivity index (χ0v) is 19.2. The van der Waals surface area contributed by atoms with Crippen molar-refractivity contribution in [3.05, 3.63) is 71.8 Å². The van der Waals surface area contributed by atoms with E-state index in [9.17, 15) is 9.59 Å². The van der Waals surface area contributed by atoms with Crippen molar-refractivity contribution in [1.82, 2.24) is 15.1 Å². The second-order valence-electron chi connectivity index (χ2n) is 7.67. The van der Waals surface area contributed by atoms with E-state index in [1.54, 1.807) is 26.4 Å². The maximum absolute atomic E-state index is 12.5. The van der Waals surface area contributed by atoms with E-state index in [1.807, 2.05) is 59.5 Å². The quantitative estimate of drug-likeness (QED) is 0.596. The van der Waals surface area contributed by atoms with Crippen LogP contribution in [0.15, 0.2) is 60.7 Å². The molecule has 0 atom stereocenters. The fraction of sp³-hybridized carbons (Fsp3) is 0.308. The molecule has 7 heteroatoms. The molecule has 2 aromatic carbocycles. The summed E-state index contributed by atoms with van der Waals surface area (Å²) in [6.07, 6.45) is 6.75. The molecule has 174 valence electrons. The smallest absolute Gasteiger partial charge is 0.246 e. The van der Waals surface area contributed by atoms with E-state index in [2.05, 4.69) is 10.2 Å². The van der Waals surface area contributed by atoms with Crippen molar-refractivity contribution >= 4 is 24.0 Å². The van der Waals surface area contributed by atoms with Crippen LogP contribution in [0.2, 0.25) is 0 Å². The highest BCUT2D eigenvalue weighted by molar-refractivity contribution is 5.92. The minimum Gasteiger partial charge on any atom is -0.497 e. The number of nitrogens with one attached hydrogen (secondary N) is 1. The van der Waals surface area contributed by atoms with Crippen LogP contribution < -0.4 is 14.8 Å². The van der Waals surface area contributed by atoms with Crippen molar-refractivity contribution in [3.8, 4) is 11.5 Å². The molecule has 1 N–H and O–H groups in total. The van der Waals surface area contributed by atoms with Gasteiger partial charge in [-0.15, -0.1) is 0 Å². The number of methoxy groups -OCH3 is 2. The highest BCUT2D eigenvalue weighted by atomic mass is 16.5. The summed E-state index contributed by atoms with van der Waals surface area (Å²) < 4.78 is 10.3. The van der Waals surface area contributed by atoms with Gasteiger partial charge in [0, 0.05) is 51.4 Å². The second kappa shape index (κ2) is 12.5. The van der Waals surface area contributed by atoms with Crippen molar-refractivity contribution < 1.29 is 19.1 Å². The van der Waals surface area contributed by atoms with Gasteiger partial charge in [-0.2, -0.15) is 0 Å². The van der Waals surface area contributed by atoms with Crippen LogP contribution in [-0.4, -0.2) is 75.1 Å². The monoisotopic (exact) mass is 449 g/mol. The maximum atomic E-state index is 12.5. The van der Waals surface area contributed by atoms with Crippen LogP contribution in [0.4, 0.5) is 0 Å². The van der Waals surface area contributed by atoms with Gasteiger partial charge in [0.05, 0.1) is 14.2 Å². The first-order chi connectivity index (χ1) is 16.1. The van der Waals surface area contributed by atoms with Gasteiger partial charge >= 0.3 is 0 Å². The summed E-state index contributed by atoms with van der Waals surface area (Å²) in [7, 11) is 3.25. The Hall–Kier alpha value is -3.58. The van der Waals surface area contributed by atoms with E-state index in [-0.39, 0.29) is 11.8 Å². The van der Waals surface area contributed by atoms with Crippen molar-refractivity contribution in [1.29, 1.82) is 0 Å². The number of piperazine rings is 1. The van der Waals surface area contributed by atoms with Crippen molar-refractivity contribution in [2.45, 2.75) is 0 Å². The number of hydrogen-bond acceptors (Lipinski definition) is 5. The third kappa shape index (κ3) is 7.80. The molecule has 33 heavy (non-hydrogen) atoms. The molecule has 1 saturated heterocycles. The van der Waals surface area contributed by atoms with Gasteiger partial charge in [0.25, 0.3) is 0 Å². The normalized spacial score (nSPS) is 14.5. The molecule has 1 heterocycles. The molecule has 0 aliphatic carbocycles. The number of amides is 2. The number of hydrogen-bond donors (Lipinski definition) is 1. The van der Waals surface area contributed by atoms with Crippen LogP contribution in [0, 0.1) is 0 Å². The standard InChI is InChI=1S/C26H31N3O4/c1-32-23-9-3-21(4-10-23)7-13-25(30)27-15-16-28-17-19-29(20-18-28)26(31)14-8-22-5-11-24(33-2)12-6-22/h3-14H,15-20H2,1-2H3,(H,27,30)/b13-7+,14-8+. The Morgan fingerprint density at radius 3 is 1.85 bits per heavy atom. The molecular weight excluding hydrogens is 418 g/mol. The van der Waals surface area contributed by atoms with E-state index in [4.69, 9.17) is 9.47 Å². The Morgan fingerprint density at radius 1 is 0.818 bits per heavy atom. The molecule has 1 aliphatic heterocycles. The molecule has 1 aliphatic rings. The Labute approximate surface area is 195 Å². The SMILES string of the molecule is COc1ccc(/C=C/C(=O)NCCN2CCN(C(=O)/C=C/c3ccc(OC)cc3)CC2)cc1. The fourth-order valence-electron chi connectivity index (χ4n) is 3.46. The molecule has 0 unspecified atom stereocenters. The average molecular weight is 450 g/mol. The number of carbonyl (C=O) groups is 2. The largest absolute Gasteiger partial charge is 0.497 e. The van der Waals surface area contributed by atoms with Crippen LogP contribution in [0.5, 0.6) is 11.5 Å². The van der Waals surface area contributed by atoms with Crippen molar-refractivity contribution in [3.63, 3.8) is 0 Å². The van der Waals surface area contributed by atoms with Crippen molar-refractivity contribution in [2.75, 3.05) is 53.5 Å². The van der Waals surface area contributed by atoms with Gasteiger partial charge < -0.3 is 19.7 Å². The average Bonchev–Trinajstić information content (AvgIpc) is 2.87. The molecule has 0 saturated carbocycles. The van der Waals surface area contributed by atoms with Crippen LogP contribution in [0.3, 0.4) is 0 Å². The Bertz CT molecular complexity index is 957. The lowest BCUT2D eigenvalue weighted by Gasteiger charge is -2.34. The zero-order chi connectivity index (χ0) is 23.5. The highest BCUT2D eigenvalue weighted by Gasteiger charge is 2.19. The first kappa shape index (κ1) is 24.1. The van der Waals surface area contributed by atoms with E-state index < -0.39 is 0 Å². The van der Waals surface area contributed by atoms with E-state index >= 15 is 0 Å². The summed E-state index contributed by atoms with van der Waals surface area (Å²) >= 11 is 0. The molecular formula is C26H31N3O4. The molecule has 0 radical (unpaired) electrons. The minimum absolute atomic E-state index is 0.0161. The lowest BCUT2D eigenvalue weighted by molar-refractivity contribution is -0.127. The summed E-state index contributed by atoms with van der Waals surface area (Å²) in [5.41, 5.74) is 1.90. The van der Waals surface area contributed by atoms with Gasteiger partial charge in [-0.25, -0.2) is 0 Å². The van der Waals surface area contributed by atoms with Gasteiger partial charge in [-0.05, 0) is 47.5 Å². The summed E-state index contributed by atoms with van der Waals surface area (Å²) in [6.45, 7) is 4.26. The number of rotatable bonds is 9. The predicted molar refractivity (Wildman–Crippen MR) is 130 cm³/mol. The molecule has 2 amide bonds. The van der Waals surface area contributed by atoms with Crippen LogP contribution in [0.25, 0.3) is 12.2 Å². The molecule has 0 aromatic heterocycles. The number of carbonyl (C=O) groups excluding carboxylic acids is 2. The summed E-state index contributed by atoms with van der Waals surface area (Å²) in [5.74, 6) is 1.47. The zero-order valence-electron chi connectivity index (χ0n) is 19.2. The summed E-state index contributed by atoms with van der Waals surface area (Å²) in [6, 6.07) is 15.1. The predicted octanol–water partition coefficient (Wildman–Crippen LogP) is 2.69. The summed E-state index contributed by atoms with van der Waals surface area (Å²) in [4.78, 5) is 28.6. The first-order valence-electron chi connectivity index (χ1n) is 11.0. The fourth-order valence-corrected chi connectivity index (χ4v) is 3.46. The van der Waals surface area contributed by atoms with Crippen LogP contribution in [0.1, 0.15) is 11.1 Å². The first-order valence-corrected chi connectivity index (χ1v) is 11.0. The topological polar surface area (TPSA) is 71.1 Å². The van der Waals surface area contributed by atoms with E-state index in [0.29, 0.717) is 19.6 Å². The number of ether oxygens (including phenoxy) is 2. The molecule has 0 bridgehead atoms. The maximum Gasteiger partial charge on any atom is 0.246 e. The minimum atomic E-state index is -0.122. The van der Waals surface area contributed by atoms with Crippen LogP contribution in [-0.2, 0) is 9.59 Å². The van der Waals surface area contributed by atoms with Gasteiger partial charge in [0.15, 0.2) is 0 Å². The Kier molecular flexibility index (Phi) is 9.08. The van der Waals surface area contributed by atoms with Gasteiger partial charge in [0.2, 0.25) is 11.8 Å². The third-order valence-corrected chi connectivity index (χ3v) is 5.49. The molecule has 3 rings (SSSR count). The van der Waals surface area contributed by atoms with E-state index in [0.717, 1.165) is 42.3 Å². The van der Waals surface area contributed by atoms with Gasteiger partial charge in [-0.3, -0.25) is 14.5 Å². The number of benzene rings is 2. The Balaban J connectivity index is 1.34. The van der Waals surface area contributed by atoms with E-state index in [1.165, 1.54) is 6.08 Å². The third-order valence-electron chi connectivity index (χ3n) is 5.49. The van der Waals surface area contributed by atoms with Crippen LogP contribution >= 0.6 is 0 Å². The van der Waals surface area contributed by atoms with Gasteiger partial charge in [0.1, 0.15) is 11.5 Å². The highest BCUT2D eigenvalue weighted by Crippen LogP contribution is 2.13.